The largest absolute Gasteiger partial charge is 0.432 e. The van der Waals surface area contributed by atoms with Crippen LogP contribution in [0.4, 0.5) is 26.3 Å². The number of carbonyl (C=O) groups is 1. The van der Waals surface area contributed by atoms with Crippen molar-refractivity contribution in [1.29, 1.82) is 0 Å². The zero-order valence-electron chi connectivity index (χ0n) is 15.0. The number of amides is 1. The highest BCUT2D eigenvalue weighted by Crippen LogP contribution is 2.26. The molecule has 0 bridgehead atoms. The number of ether oxygens (including phenoxy) is 1. The van der Waals surface area contributed by atoms with Gasteiger partial charge in [0, 0.05) is 36.8 Å². The van der Waals surface area contributed by atoms with Crippen LogP contribution in [0.25, 0.3) is 10.9 Å². The number of fused-ring (bicyclic) bond motifs is 1. The van der Waals surface area contributed by atoms with Crippen molar-refractivity contribution in [3.8, 4) is 5.75 Å². The van der Waals surface area contributed by atoms with Crippen molar-refractivity contribution in [1.82, 2.24) is 15.2 Å². The molecular weight excluding hydrogens is 404 g/mol. The lowest BCUT2D eigenvalue weighted by Crippen LogP contribution is -2.47. The Morgan fingerprint density at radius 3 is 2.55 bits per heavy atom. The molecule has 2 heterocycles. The molecule has 1 aliphatic heterocycles. The summed E-state index contributed by atoms with van der Waals surface area (Å²) in [6.07, 6.45) is -2.32. The number of nitrogens with zero attached hydrogens (tertiary/aromatic N) is 2. The number of rotatable bonds is 5. The Morgan fingerprint density at radius 2 is 1.93 bits per heavy atom. The van der Waals surface area contributed by atoms with Gasteiger partial charge in [-0.2, -0.15) is 22.0 Å². The van der Waals surface area contributed by atoms with Crippen LogP contribution in [0.2, 0.25) is 0 Å². The first-order valence-electron chi connectivity index (χ1n) is 8.75. The number of carbonyl (C=O) groups excluding carboxylic acids is 1. The van der Waals surface area contributed by atoms with Crippen LogP contribution < -0.4 is 10.1 Å². The molecule has 11 heteroatoms. The molecular formula is C18H17F6N3O2. The van der Waals surface area contributed by atoms with Gasteiger partial charge in [0.2, 0.25) is 0 Å². The number of aromatic nitrogens is 1. The molecule has 1 aromatic carbocycles. The van der Waals surface area contributed by atoms with Gasteiger partial charge < -0.3 is 10.1 Å². The molecule has 0 radical (unpaired) electrons. The monoisotopic (exact) mass is 421 g/mol. The van der Waals surface area contributed by atoms with Crippen molar-refractivity contribution >= 4 is 16.8 Å². The van der Waals surface area contributed by atoms with E-state index in [0.717, 1.165) is 12.1 Å². The SMILES string of the molecule is O=C(NC1CCN(CC(F)(F)F)CC1)c1cnc2cc(OC(F)F)c(F)cc2c1. The number of hydrogen-bond acceptors (Lipinski definition) is 4. The summed E-state index contributed by atoms with van der Waals surface area (Å²) in [7, 11) is 0. The summed E-state index contributed by atoms with van der Waals surface area (Å²) in [6.45, 7) is -3.75. The third kappa shape index (κ3) is 5.72. The van der Waals surface area contributed by atoms with Gasteiger partial charge in [-0.1, -0.05) is 0 Å². The first kappa shape index (κ1) is 21.2. The van der Waals surface area contributed by atoms with Gasteiger partial charge in [0.25, 0.3) is 5.91 Å². The van der Waals surface area contributed by atoms with E-state index in [9.17, 15) is 31.1 Å². The van der Waals surface area contributed by atoms with Crippen LogP contribution in [0.15, 0.2) is 24.4 Å². The van der Waals surface area contributed by atoms with Crippen molar-refractivity contribution < 1.29 is 35.9 Å². The van der Waals surface area contributed by atoms with Gasteiger partial charge in [-0.3, -0.25) is 14.7 Å². The molecule has 1 fully saturated rings. The van der Waals surface area contributed by atoms with Gasteiger partial charge >= 0.3 is 12.8 Å². The Labute approximate surface area is 161 Å². The lowest BCUT2D eigenvalue weighted by Gasteiger charge is -2.32. The predicted octanol–water partition coefficient (Wildman–Crippen LogP) is 3.73. The van der Waals surface area contributed by atoms with Crippen molar-refractivity contribution in [2.75, 3.05) is 19.6 Å². The van der Waals surface area contributed by atoms with E-state index in [-0.39, 0.29) is 35.6 Å². The minimum Gasteiger partial charge on any atom is -0.432 e. The standard InChI is InChI=1S/C18H17F6N3O2/c19-13-6-10-5-11(8-25-14(10)7-15(13)29-17(20)21)16(28)26-12-1-3-27(4-2-12)9-18(22,23)24/h5-8,12,17H,1-4,9H2,(H,26,28). The molecule has 1 saturated heterocycles. The van der Waals surface area contributed by atoms with E-state index in [1.165, 1.54) is 17.2 Å². The maximum absolute atomic E-state index is 13.9. The molecule has 3 rings (SSSR count). The van der Waals surface area contributed by atoms with E-state index in [4.69, 9.17) is 0 Å². The Balaban J connectivity index is 1.64. The highest BCUT2D eigenvalue weighted by molar-refractivity contribution is 5.97. The molecule has 0 aliphatic carbocycles. The second kappa shape index (κ2) is 8.44. The molecule has 2 aromatic rings. The van der Waals surface area contributed by atoms with Gasteiger partial charge in [0.15, 0.2) is 11.6 Å². The molecule has 0 saturated carbocycles. The van der Waals surface area contributed by atoms with Crippen molar-refractivity contribution in [3.05, 3.63) is 35.8 Å². The average molecular weight is 421 g/mol. The van der Waals surface area contributed by atoms with Crippen LogP contribution in [0.1, 0.15) is 23.2 Å². The maximum atomic E-state index is 13.9. The number of alkyl halides is 5. The van der Waals surface area contributed by atoms with Gasteiger partial charge in [-0.05, 0) is 25.0 Å². The summed E-state index contributed by atoms with van der Waals surface area (Å²) in [6, 6.07) is 3.01. The minimum absolute atomic E-state index is 0.122. The molecule has 1 amide bonds. The van der Waals surface area contributed by atoms with E-state index < -0.39 is 36.8 Å². The fourth-order valence-electron chi connectivity index (χ4n) is 3.20. The fourth-order valence-corrected chi connectivity index (χ4v) is 3.20. The van der Waals surface area contributed by atoms with E-state index in [1.54, 1.807) is 0 Å². The van der Waals surface area contributed by atoms with Gasteiger partial charge in [0.05, 0.1) is 17.6 Å². The van der Waals surface area contributed by atoms with Gasteiger partial charge in [-0.25, -0.2) is 4.39 Å². The predicted molar refractivity (Wildman–Crippen MR) is 91.3 cm³/mol. The molecule has 158 valence electrons. The maximum Gasteiger partial charge on any atom is 0.401 e. The van der Waals surface area contributed by atoms with Crippen LogP contribution >= 0.6 is 0 Å². The highest BCUT2D eigenvalue weighted by atomic mass is 19.4. The minimum atomic E-state index is -4.26. The summed E-state index contributed by atoms with van der Waals surface area (Å²) < 4.78 is 79.8. The summed E-state index contributed by atoms with van der Waals surface area (Å²) in [5, 5.41) is 2.95. The molecule has 0 unspecified atom stereocenters. The molecule has 1 aromatic heterocycles. The Morgan fingerprint density at radius 1 is 1.24 bits per heavy atom. The lowest BCUT2D eigenvalue weighted by molar-refractivity contribution is -0.148. The van der Waals surface area contributed by atoms with Crippen molar-refractivity contribution in [2.45, 2.75) is 31.7 Å². The lowest BCUT2D eigenvalue weighted by atomic mass is 10.0. The van der Waals surface area contributed by atoms with Crippen LogP contribution in [-0.2, 0) is 0 Å². The first-order chi connectivity index (χ1) is 13.6. The molecule has 0 atom stereocenters. The number of halogens is 6. The Kier molecular flexibility index (Phi) is 6.15. The topological polar surface area (TPSA) is 54.5 Å². The number of benzene rings is 1. The number of piperidine rings is 1. The molecule has 0 spiro atoms. The molecule has 1 N–H and O–H groups in total. The van der Waals surface area contributed by atoms with E-state index in [2.05, 4.69) is 15.0 Å². The molecule has 5 nitrogen and oxygen atoms in total. The van der Waals surface area contributed by atoms with Crippen LogP contribution in [0.5, 0.6) is 5.75 Å². The van der Waals surface area contributed by atoms with Crippen molar-refractivity contribution in [3.63, 3.8) is 0 Å². The summed E-state index contributed by atoms with van der Waals surface area (Å²) in [5.41, 5.74) is 0.288. The smallest absolute Gasteiger partial charge is 0.401 e. The van der Waals surface area contributed by atoms with E-state index in [1.807, 2.05) is 0 Å². The Bertz CT molecular complexity index is 882. The normalized spacial score (nSPS) is 16.4. The van der Waals surface area contributed by atoms with Crippen LogP contribution in [0, 0.1) is 5.82 Å². The second-order valence-electron chi connectivity index (χ2n) is 6.72. The average Bonchev–Trinajstić information content (AvgIpc) is 2.62. The summed E-state index contributed by atoms with van der Waals surface area (Å²) >= 11 is 0. The fraction of sp³-hybridized carbons (Fsp3) is 0.444. The first-order valence-corrected chi connectivity index (χ1v) is 8.75. The van der Waals surface area contributed by atoms with Gasteiger partial charge in [0.1, 0.15) is 0 Å². The van der Waals surface area contributed by atoms with E-state index in [0.29, 0.717) is 12.8 Å². The third-order valence-electron chi connectivity index (χ3n) is 4.54. The van der Waals surface area contributed by atoms with Crippen LogP contribution in [-0.4, -0.2) is 54.3 Å². The summed E-state index contributed by atoms with van der Waals surface area (Å²) in [4.78, 5) is 17.7. The van der Waals surface area contributed by atoms with Gasteiger partial charge in [-0.15, -0.1) is 0 Å². The number of hydrogen-bond donors (Lipinski definition) is 1. The second-order valence-corrected chi connectivity index (χ2v) is 6.72. The number of nitrogens with one attached hydrogen (secondary N) is 1. The van der Waals surface area contributed by atoms with E-state index >= 15 is 0 Å². The Hall–Kier alpha value is -2.56. The number of likely N-dealkylation sites (tertiary alicyclic amines) is 1. The molecule has 1 aliphatic rings. The van der Waals surface area contributed by atoms with Crippen LogP contribution in [0.3, 0.4) is 0 Å². The number of pyridine rings is 1. The highest BCUT2D eigenvalue weighted by Gasteiger charge is 2.32. The van der Waals surface area contributed by atoms with Crippen molar-refractivity contribution in [2.24, 2.45) is 0 Å². The zero-order valence-corrected chi connectivity index (χ0v) is 15.0. The zero-order chi connectivity index (χ0) is 21.2. The third-order valence-corrected chi connectivity index (χ3v) is 4.54. The molecule has 29 heavy (non-hydrogen) atoms. The summed E-state index contributed by atoms with van der Waals surface area (Å²) in [5.74, 6) is -2.17. The quantitative estimate of drug-likeness (QED) is 0.748.